The summed E-state index contributed by atoms with van der Waals surface area (Å²) in [6.07, 6.45) is 0.854. The van der Waals surface area contributed by atoms with Gasteiger partial charge in [0.2, 0.25) is 5.91 Å². The largest absolute Gasteiger partial charge is 0.382 e. The van der Waals surface area contributed by atoms with E-state index in [-0.39, 0.29) is 26.5 Å². The number of nitrogens with zero attached hydrogens (tertiary/aromatic N) is 3. The molecule has 0 fully saturated rings. The summed E-state index contributed by atoms with van der Waals surface area (Å²) in [5.41, 5.74) is -0.391. The van der Waals surface area contributed by atoms with Crippen LogP contribution in [-0.2, 0) is 9.59 Å². The van der Waals surface area contributed by atoms with Crippen LogP contribution in [0.5, 0.6) is 0 Å². The molecule has 0 aliphatic rings. The van der Waals surface area contributed by atoms with Gasteiger partial charge in [0.05, 0.1) is 62.3 Å². The fourth-order valence-electron chi connectivity index (χ4n) is 3.08. The number of rotatable bonds is 13. The van der Waals surface area contributed by atoms with Gasteiger partial charge in [-0.05, 0) is 6.42 Å². The van der Waals surface area contributed by atoms with Crippen LogP contribution in [0.25, 0.3) is 0 Å². The van der Waals surface area contributed by atoms with E-state index in [1.807, 2.05) is 34.9 Å². The van der Waals surface area contributed by atoms with Crippen LogP contribution >= 0.6 is 0 Å². The van der Waals surface area contributed by atoms with Crippen LogP contribution in [-0.4, -0.2) is 119 Å². The van der Waals surface area contributed by atoms with Crippen LogP contribution in [0.4, 0.5) is 0 Å². The van der Waals surface area contributed by atoms with Gasteiger partial charge in [-0.25, -0.2) is 0 Å². The average molecular weight is 434 g/mol. The highest BCUT2D eigenvalue weighted by atomic mass is 16.3. The molecule has 7 heteroatoms. The van der Waals surface area contributed by atoms with E-state index in [2.05, 4.69) is 40.6 Å². The number of likely N-dealkylation sites (N-methyl/N-ethyl adjacent to an activating group) is 3. The number of amides is 1. The standard InChI is InChI=1S/C21H46N4O3.2CH3/c1-11-21(2,3)20(28)22-17-25(9,10)15-18(26)12-13-24(7,8)16-19(27)14-23(4,5)6;;/h19,27H,11-17H2,1-10H3;2*1H3/q+2;2*-1/p+1. The summed E-state index contributed by atoms with van der Waals surface area (Å²) in [4.78, 5) is 24.8. The zero-order valence-corrected chi connectivity index (χ0v) is 22.1. The maximum Gasteiger partial charge on any atom is 0.229 e. The van der Waals surface area contributed by atoms with Gasteiger partial charge in [0, 0.05) is 5.41 Å². The van der Waals surface area contributed by atoms with Crippen LogP contribution in [0.1, 0.15) is 33.6 Å². The number of carbonyl (C=O) groups is 2. The molecule has 0 aliphatic heterocycles. The monoisotopic (exact) mass is 433 g/mol. The quantitative estimate of drug-likeness (QED) is 0.263. The smallest absolute Gasteiger partial charge is 0.229 e. The molecule has 182 valence electrons. The average Bonchev–Trinajstić information content (AvgIpc) is 2.47. The highest BCUT2D eigenvalue weighted by Gasteiger charge is 2.29. The molecule has 0 aliphatic carbocycles. The number of aliphatic hydroxyl groups is 1. The van der Waals surface area contributed by atoms with E-state index >= 15 is 0 Å². The second-order valence-electron chi connectivity index (χ2n) is 11.3. The van der Waals surface area contributed by atoms with Gasteiger partial charge in [-0.15, -0.1) is 0 Å². The van der Waals surface area contributed by atoms with Crippen molar-refractivity contribution in [2.45, 2.75) is 39.7 Å². The summed E-state index contributed by atoms with van der Waals surface area (Å²) >= 11 is 0. The predicted octanol–water partition coefficient (Wildman–Crippen LogP) is 1.58. The van der Waals surface area contributed by atoms with E-state index in [1.165, 1.54) is 0 Å². The molecule has 1 atom stereocenters. The topological polar surface area (TPSA) is 66.4 Å². The Morgan fingerprint density at radius 3 is 1.87 bits per heavy atom. The Kier molecular flexibility index (Phi) is 14.3. The molecule has 0 heterocycles. The fourth-order valence-corrected chi connectivity index (χ4v) is 3.08. The van der Waals surface area contributed by atoms with Crippen molar-refractivity contribution in [3.63, 3.8) is 0 Å². The van der Waals surface area contributed by atoms with Crippen LogP contribution in [0.15, 0.2) is 0 Å². The molecule has 7 nitrogen and oxygen atoms in total. The van der Waals surface area contributed by atoms with Gasteiger partial charge in [0.1, 0.15) is 19.6 Å². The first kappa shape index (κ1) is 33.6. The molecular formula is C23H53N4O3+. The van der Waals surface area contributed by atoms with Crippen molar-refractivity contribution in [2.75, 3.05) is 82.2 Å². The molecule has 0 aromatic carbocycles. The van der Waals surface area contributed by atoms with Crippen molar-refractivity contribution < 1.29 is 28.1 Å². The molecule has 0 rings (SSSR count). The molecular weight excluding hydrogens is 380 g/mol. The van der Waals surface area contributed by atoms with Gasteiger partial charge in [-0.1, -0.05) is 20.8 Å². The molecule has 2 N–H and O–H groups in total. The molecule has 1 amide bonds. The first-order valence-electron chi connectivity index (χ1n) is 10.3. The van der Waals surface area contributed by atoms with Crippen molar-refractivity contribution in [3.8, 4) is 0 Å². The number of Topliss-reactive ketones (excluding diaryl/α,β-unsaturated/α-hetero) is 1. The van der Waals surface area contributed by atoms with E-state index in [9.17, 15) is 14.7 Å². The Labute approximate surface area is 187 Å². The van der Waals surface area contributed by atoms with Gasteiger partial charge in [-0.3, -0.25) is 9.59 Å². The highest BCUT2D eigenvalue weighted by Crippen LogP contribution is 2.19. The van der Waals surface area contributed by atoms with Crippen LogP contribution in [0.3, 0.4) is 0 Å². The SMILES string of the molecule is CCC(C)(C)C(=O)NC[N+](C)(C)CC(=O)CC[N+](C)(C)CC(O)C[N+](C)(C)C.[CH3-].[CH3-]. The summed E-state index contributed by atoms with van der Waals surface area (Å²) in [6.45, 7) is 8.70. The summed E-state index contributed by atoms with van der Waals surface area (Å²) < 4.78 is 1.76. The molecule has 0 saturated carbocycles. The van der Waals surface area contributed by atoms with Gasteiger partial charge in [0.25, 0.3) is 0 Å². The third-order valence-corrected chi connectivity index (χ3v) is 5.23. The minimum absolute atomic E-state index is 0. The van der Waals surface area contributed by atoms with Crippen molar-refractivity contribution in [1.82, 2.24) is 5.32 Å². The first-order chi connectivity index (χ1) is 12.4. The van der Waals surface area contributed by atoms with E-state index in [0.29, 0.717) is 52.7 Å². The maximum atomic E-state index is 12.5. The lowest BCUT2D eigenvalue weighted by Gasteiger charge is -2.35. The lowest BCUT2D eigenvalue weighted by atomic mass is 9.89. The molecule has 0 aromatic rings. The number of quaternary nitrogens is 3. The molecule has 0 bridgehead atoms. The molecule has 0 aromatic heterocycles. The van der Waals surface area contributed by atoms with Crippen LogP contribution in [0, 0.1) is 20.3 Å². The van der Waals surface area contributed by atoms with Gasteiger partial charge < -0.3 is 38.7 Å². The number of ketones is 1. The van der Waals surface area contributed by atoms with Gasteiger partial charge >= 0.3 is 0 Å². The number of carbonyl (C=O) groups excluding carboxylic acids is 2. The lowest BCUT2D eigenvalue weighted by molar-refractivity contribution is -0.907. The van der Waals surface area contributed by atoms with Crippen LogP contribution < -0.4 is 5.32 Å². The van der Waals surface area contributed by atoms with Gasteiger partial charge in [0.15, 0.2) is 18.6 Å². The summed E-state index contributed by atoms with van der Waals surface area (Å²) in [7, 11) is 14.2. The number of hydrogen-bond acceptors (Lipinski definition) is 3. The number of nitrogens with one attached hydrogen (secondary N) is 1. The second-order valence-corrected chi connectivity index (χ2v) is 11.3. The van der Waals surface area contributed by atoms with E-state index in [0.717, 1.165) is 6.42 Å². The van der Waals surface area contributed by atoms with Crippen molar-refractivity contribution in [3.05, 3.63) is 14.9 Å². The maximum absolute atomic E-state index is 12.5. The molecule has 0 saturated heterocycles. The normalized spacial score (nSPS) is 13.7. The van der Waals surface area contributed by atoms with E-state index in [4.69, 9.17) is 0 Å². The minimum atomic E-state index is -0.394. The summed E-state index contributed by atoms with van der Waals surface area (Å²) in [5, 5.41) is 13.3. The Bertz CT molecular complexity index is 523. The third-order valence-electron chi connectivity index (χ3n) is 5.23. The Hall–Kier alpha value is -1.02. The molecule has 30 heavy (non-hydrogen) atoms. The zero-order valence-electron chi connectivity index (χ0n) is 22.1. The van der Waals surface area contributed by atoms with Crippen LogP contribution in [0.2, 0.25) is 0 Å². The lowest BCUT2D eigenvalue weighted by Crippen LogP contribution is -2.54. The fraction of sp³-hybridized carbons (Fsp3) is 0.826. The first-order valence-corrected chi connectivity index (χ1v) is 10.3. The summed E-state index contributed by atoms with van der Waals surface area (Å²) in [6, 6.07) is 0. The zero-order chi connectivity index (χ0) is 22.4. The summed E-state index contributed by atoms with van der Waals surface area (Å²) in [5.74, 6) is 0.207. The van der Waals surface area contributed by atoms with Crippen molar-refractivity contribution >= 4 is 11.7 Å². The number of hydrogen-bond donors (Lipinski definition) is 2. The number of aliphatic hydroxyl groups excluding tert-OH is 1. The van der Waals surface area contributed by atoms with E-state index < -0.39 is 11.5 Å². The van der Waals surface area contributed by atoms with Crippen molar-refractivity contribution in [2.24, 2.45) is 5.41 Å². The molecule has 0 radical (unpaired) electrons. The molecule has 1 unspecified atom stereocenters. The Morgan fingerprint density at radius 1 is 0.933 bits per heavy atom. The minimum Gasteiger partial charge on any atom is -0.382 e. The third kappa shape index (κ3) is 14.9. The van der Waals surface area contributed by atoms with E-state index in [1.54, 1.807) is 0 Å². The van der Waals surface area contributed by atoms with Crippen molar-refractivity contribution in [1.29, 1.82) is 0 Å². The highest BCUT2D eigenvalue weighted by molar-refractivity contribution is 5.81. The Balaban J connectivity index is -0.00000364. The molecule has 0 spiro atoms. The predicted molar refractivity (Wildman–Crippen MR) is 127 cm³/mol. The van der Waals surface area contributed by atoms with Gasteiger partial charge in [-0.2, -0.15) is 0 Å². The Morgan fingerprint density at radius 2 is 1.43 bits per heavy atom. The second kappa shape index (κ2) is 12.7.